The fourth-order valence-electron chi connectivity index (χ4n) is 1.35. The van der Waals surface area contributed by atoms with Gasteiger partial charge in [-0.05, 0) is 19.3 Å². The molecule has 0 saturated carbocycles. The van der Waals surface area contributed by atoms with Gasteiger partial charge >= 0.3 is 0 Å². The number of rotatable bonds is 3. The van der Waals surface area contributed by atoms with E-state index in [1.54, 1.807) is 0 Å². The highest BCUT2D eigenvalue weighted by atomic mass is 15.2. The third-order valence-electron chi connectivity index (χ3n) is 1.78. The largest absolute Gasteiger partial charge is 0.353 e. The van der Waals surface area contributed by atoms with Crippen molar-refractivity contribution in [2.24, 2.45) is 5.41 Å². The lowest BCUT2D eigenvalue weighted by atomic mass is 9.97. The van der Waals surface area contributed by atoms with E-state index in [-0.39, 0.29) is 5.41 Å². The van der Waals surface area contributed by atoms with Crippen molar-refractivity contribution in [1.82, 2.24) is 9.55 Å². The fourth-order valence-corrected chi connectivity index (χ4v) is 1.35. The van der Waals surface area contributed by atoms with Crippen LogP contribution >= 0.6 is 0 Å². The Hall–Kier alpha value is -0.990. The molecule has 0 aliphatic rings. The van der Waals surface area contributed by atoms with Crippen LogP contribution in [-0.2, 0) is 6.54 Å². The molecule has 0 aliphatic heterocycles. The van der Waals surface area contributed by atoms with E-state index in [2.05, 4.69) is 49.5 Å². The first-order valence-electron chi connectivity index (χ1n) is 5.16. The van der Waals surface area contributed by atoms with Gasteiger partial charge in [0.15, 0.2) is 0 Å². The highest BCUT2D eigenvalue weighted by molar-refractivity contribution is 5.26. The SMILES string of the molecule is CC(C)Nc1nccn1CC(C)(C)C. The highest BCUT2D eigenvalue weighted by Gasteiger charge is 2.13. The van der Waals surface area contributed by atoms with Crippen LogP contribution in [0.1, 0.15) is 34.6 Å². The molecule has 0 fully saturated rings. The van der Waals surface area contributed by atoms with Gasteiger partial charge in [0.1, 0.15) is 0 Å². The maximum atomic E-state index is 4.29. The number of nitrogens with one attached hydrogen (secondary N) is 1. The monoisotopic (exact) mass is 195 g/mol. The average molecular weight is 195 g/mol. The van der Waals surface area contributed by atoms with E-state index in [1.165, 1.54) is 0 Å². The molecule has 0 unspecified atom stereocenters. The zero-order chi connectivity index (χ0) is 10.8. The second kappa shape index (κ2) is 4.03. The Labute approximate surface area is 86.5 Å². The molecule has 0 amide bonds. The molecule has 0 bridgehead atoms. The van der Waals surface area contributed by atoms with Gasteiger partial charge in [-0.25, -0.2) is 4.98 Å². The molecule has 1 aromatic heterocycles. The average Bonchev–Trinajstić information content (AvgIpc) is 2.32. The van der Waals surface area contributed by atoms with E-state index < -0.39 is 0 Å². The molecular weight excluding hydrogens is 174 g/mol. The number of anilines is 1. The molecule has 14 heavy (non-hydrogen) atoms. The summed E-state index contributed by atoms with van der Waals surface area (Å²) in [6.07, 6.45) is 3.87. The Bertz CT molecular complexity index is 281. The van der Waals surface area contributed by atoms with Crippen molar-refractivity contribution >= 4 is 5.95 Å². The summed E-state index contributed by atoms with van der Waals surface area (Å²) in [5.74, 6) is 0.968. The summed E-state index contributed by atoms with van der Waals surface area (Å²) in [6.45, 7) is 11.9. The zero-order valence-electron chi connectivity index (χ0n) is 9.83. The van der Waals surface area contributed by atoms with Gasteiger partial charge < -0.3 is 9.88 Å². The Morgan fingerprint density at radius 3 is 2.57 bits per heavy atom. The summed E-state index contributed by atoms with van der Waals surface area (Å²) in [6, 6.07) is 0.427. The zero-order valence-corrected chi connectivity index (χ0v) is 9.83. The quantitative estimate of drug-likeness (QED) is 0.803. The Morgan fingerprint density at radius 2 is 2.07 bits per heavy atom. The van der Waals surface area contributed by atoms with Crippen molar-refractivity contribution in [3.63, 3.8) is 0 Å². The van der Waals surface area contributed by atoms with Crippen LogP contribution in [0.5, 0.6) is 0 Å². The van der Waals surface area contributed by atoms with E-state index in [1.807, 2.05) is 12.4 Å². The fraction of sp³-hybridized carbons (Fsp3) is 0.727. The molecule has 80 valence electrons. The predicted molar refractivity (Wildman–Crippen MR) is 60.4 cm³/mol. The van der Waals surface area contributed by atoms with Gasteiger partial charge in [0, 0.05) is 25.0 Å². The maximum Gasteiger partial charge on any atom is 0.202 e. The number of hydrogen-bond acceptors (Lipinski definition) is 2. The lowest BCUT2D eigenvalue weighted by molar-refractivity contribution is 0.345. The van der Waals surface area contributed by atoms with Crippen LogP contribution in [-0.4, -0.2) is 15.6 Å². The van der Waals surface area contributed by atoms with E-state index in [0.29, 0.717) is 6.04 Å². The van der Waals surface area contributed by atoms with Gasteiger partial charge in [0.2, 0.25) is 5.95 Å². The summed E-state index contributed by atoms with van der Waals surface area (Å²) >= 11 is 0. The van der Waals surface area contributed by atoms with Crippen molar-refractivity contribution in [2.45, 2.75) is 47.2 Å². The third-order valence-corrected chi connectivity index (χ3v) is 1.78. The van der Waals surface area contributed by atoms with Crippen molar-refractivity contribution in [1.29, 1.82) is 0 Å². The maximum absolute atomic E-state index is 4.29. The first kappa shape index (κ1) is 11.1. The van der Waals surface area contributed by atoms with Crippen molar-refractivity contribution in [2.75, 3.05) is 5.32 Å². The third kappa shape index (κ3) is 3.40. The highest BCUT2D eigenvalue weighted by Crippen LogP contribution is 2.19. The molecule has 0 radical (unpaired) electrons. The molecule has 0 spiro atoms. The van der Waals surface area contributed by atoms with E-state index in [9.17, 15) is 0 Å². The second-order valence-electron chi connectivity index (χ2n) is 5.24. The van der Waals surface area contributed by atoms with Crippen LogP contribution in [0.2, 0.25) is 0 Å². The van der Waals surface area contributed by atoms with Gasteiger partial charge in [0.25, 0.3) is 0 Å². The molecule has 3 heteroatoms. The van der Waals surface area contributed by atoms with Gasteiger partial charge in [-0.2, -0.15) is 0 Å². The lowest BCUT2D eigenvalue weighted by Crippen LogP contribution is -2.19. The van der Waals surface area contributed by atoms with E-state index in [4.69, 9.17) is 0 Å². The molecule has 3 nitrogen and oxygen atoms in total. The Balaban J connectivity index is 2.72. The molecular formula is C11H21N3. The predicted octanol–water partition coefficient (Wildman–Crippen LogP) is 2.75. The smallest absolute Gasteiger partial charge is 0.202 e. The van der Waals surface area contributed by atoms with Crippen molar-refractivity contribution in [3.8, 4) is 0 Å². The number of imidazole rings is 1. The van der Waals surface area contributed by atoms with Crippen LogP contribution in [0.3, 0.4) is 0 Å². The van der Waals surface area contributed by atoms with Crippen LogP contribution in [0.15, 0.2) is 12.4 Å². The van der Waals surface area contributed by atoms with E-state index in [0.717, 1.165) is 12.5 Å². The Kier molecular flexibility index (Phi) is 3.19. The van der Waals surface area contributed by atoms with Gasteiger partial charge in [-0.3, -0.25) is 0 Å². The van der Waals surface area contributed by atoms with Crippen LogP contribution in [0.25, 0.3) is 0 Å². The molecule has 1 rings (SSSR count). The topological polar surface area (TPSA) is 29.9 Å². The first-order valence-corrected chi connectivity index (χ1v) is 5.16. The van der Waals surface area contributed by atoms with Gasteiger partial charge in [-0.15, -0.1) is 0 Å². The lowest BCUT2D eigenvalue weighted by Gasteiger charge is -2.21. The number of nitrogens with zero attached hydrogens (tertiary/aromatic N) is 2. The van der Waals surface area contributed by atoms with Crippen LogP contribution in [0.4, 0.5) is 5.95 Å². The normalized spacial score (nSPS) is 12.1. The molecule has 0 aliphatic carbocycles. The number of hydrogen-bond donors (Lipinski definition) is 1. The second-order valence-corrected chi connectivity index (χ2v) is 5.24. The number of aromatic nitrogens is 2. The standard InChI is InChI=1S/C11H21N3/c1-9(2)13-10-12-6-7-14(10)8-11(3,4)5/h6-7,9H,8H2,1-5H3,(H,12,13). The minimum absolute atomic E-state index is 0.286. The summed E-state index contributed by atoms with van der Waals surface area (Å²) in [4.78, 5) is 4.29. The molecule has 1 aromatic rings. The summed E-state index contributed by atoms with van der Waals surface area (Å²) in [7, 11) is 0. The first-order chi connectivity index (χ1) is 6.38. The van der Waals surface area contributed by atoms with E-state index >= 15 is 0 Å². The van der Waals surface area contributed by atoms with Crippen LogP contribution < -0.4 is 5.32 Å². The van der Waals surface area contributed by atoms with Crippen molar-refractivity contribution < 1.29 is 0 Å². The summed E-state index contributed by atoms with van der Waals surface area (Å²) in [5.41, 5.74) is 0.286. The molecule has 1 N–H and O–H groups in total. The van der Waals surface area contributed by atoms with Gasteiger partial charge in [0.05, 0.1) is 0 Å². The minimum atomic E-state index is 0.286. The molecule has 1 heterocycles. The summed E-state index contributed by atoms with van der Waals surface area (Å²) in [5, 5.41) is 3.33. The molecule has 0 aromatic carbocycles. The minimum Gasteiger partial charge on any atom is -0.353 e. The Morgan fingerprint density at radius 1 is 1.43 bits per heavy atom. The van der Waals surface area contributed by atoms with Crippen molar-refractivity contribution in [3.05, 3.63) is 12.4 Å². The molecule has 0 atom stereocenters. The van der Waals surface area contributed by atoms with Gasteiger partial charge in [-0.1, -0.05) is 20.8 Å². The summed E-state index contributed by atoms with van der Waals surface area (Å²) < 4.78 is 2.17. The van der Waals surface area contributed by atoms with Crippen LogP contribution in [0, 0.1) is 5.41 Å². The molecule has 0 saturated heterocycles.